The quantitative estimate of drug-likeness (QED) is 0.300. The Morgan fingerprint density at radius 3 is 2.17 bits per heavy atom. The highest BCUT2D eigenvalue weighted by Crippen LogP contribution is 2.56. The van der Waals surface area contributed by atoms with Crippen molar-refractivity contribution in [1.82, 2.24) is 0 Å². The number of hydrogen-bond acceptors (Lipinski definition) is 10. The molecule has 3 aliphatic rings. The van der Waals surface area contributed by atoms with Gasteiger partial charge in [0, 0.05) is 39.0 Å². The van der Waals surface area contributed by atoms with Crippen molar-refractivity contribution in [2.75, 3.05) is 0 Å². The van der Waals surface area contributed by atoms with Crippen LogP contribution < -0.4 is 0 Å². The molecular formula is C26H36O10. The average molecular weight is 509 g/mol. The van der Waals surface area contributed by atoms with Crippen molar-refractivity contribution in [3.63, 3.8) is 0 Å². The highest BCUT2D eigenvalue weighted by molar-refractivity contribution is 5.85. The number of carbonyl (C=O) groups is 5. The number of carbonyl (C=O) groups excluding carboxylic acids is 5. The lowest BCUT2D eigenvalue weighted by molar-refractivity contribution is -0.187. The van der Waals surface area contributed by atoms with E-state index in [4.69, 9.17) is 23.7 Å². The van der Waals surface area contributed by atoms with E-state index in [0.29, 0.717) is 6.42 Å². The van der Waals surface area contributed by atoms with Gasteiger partial charge in [0.15, 0.2) is 0 Å². The Morgan fingerprint density at radius 1 is 1.03 bits per heavy atom. The van der Waals surface area contributed by atoms with E-state index in [1.54, 1.807) is 19.9 Å². The maximum Gasteiger partial charge on any atom is 0.351 e. The van der Waals surface area contributed by atoms with Crippen molar-refractivity contribution in [1.29, 1.82) is 0 Å². The van der Waals surface area contributed by atoms with Crippen LogP contribution in [0.2, 0.25) is 0 Å². The van der Waals surface area contributed by atoms with Crippen LogP contribution in [0.1, 0.15) is 68.2 Å². The molecule has 0 aromatic carbocycles. The third-order valence-corrected chi connectivity index (χ3v) is 7.72. The summed E-state index contributed by atoms with van der Waals surface area (Å²) in [5.74, 6) is -5.56. The molecule has 3 rings (SSSR count). The monoisotopic (exact) mass is 508 g/mol. The van der Waals surface area contributed by atoms with Crippen LogP contribution in [-0.4, -0.2) is 59.4 Å². The second-order valence-electron chi connectivity index (χ2n) is 10.5. The Balaban J connectivity index is 2.21. The van der Waals surface area contributed by atoms with Crippen molar-refractivity contribution in [2.24, 2.45) is 23.7 Å². The zero-order valence-electron chi connectivity index (χ0n) is 22.1. The molecule has 0 N–H and O–H groups in total. The van der Waals surface area contributed by atoms with E-state index in [-0.39, 0.29) is 6.42 Å². The fourth-order valence-electron chi connectivity index (χ4n) is 6.13. The Morgan fingerprint density at radius 2 is 1.64 bits per heavy atom. The van der Waals surface area contributed by atoms with E-state index in [1.807, 2.05) is 13.8 Å². The van der Waals surface area contributed by atoms with Gasteiger partial charge in [0.05, 0.1) is 11.8 Å². The molecule has 200 valence electrons. The first-order valence-electron chi connectivity index (χ1n) is 12.3. The highest BCUT2D eigenvalue weighted by atomic mass is 16.6. The van der Waals surface area contributed by atoms with Gasteiger partial charge in [-0.15, -0.1) is 0 Å². The molecule has 36 heavy (non-hydrogen) atoms. The fraction of sp³-hybridized carbons (Fsp3) is 0.731. The first-order chi connectivity index (χ1) is 16.6. The molecule has 2 fully saturated rings. The molecule has 1 saturated carbocycles. The van der Waals surface area contributed by atoms with Crippen molar-refractivity contribution in [3.8, 4) is 0 Å². The zero-order valence-corrected chi connectivity index (χ0v) is 22.1. The van der Waals surface area contributed by atoms with Gasteiger partial charge in [-0.2, -0.15) is 0 Å². The summed E-state index contributed by atoms with van der Waals surface area (Å²) >= 11 is 0. The van der Waals surface area contributed by atoms with Crippen LogP contribution in [-0.2, 0) is 47.7 Å². The maximum atomic E-state index is 13.2. The van der Waals surface area contributed by atoms with E-state index >= 15 is 0 Å². The van der Waals surface area contributed by atoms with Crippen molar-refractivity contribution in [2.45, 2.75) is 97.7 Å². The summed E-state index contributed by atoms with van der Waals surface area (Å²) in [6.07, 6.45) is -0.413. The van der Waals surface area contributed by atoms with Gasteiger partial charge in [-0.05, 0) is 33.3 Å². The predicted molar refractivity (Wildman–Crippen MR) is 124 cm³/mol. The first kappa shape index (κ1) is 27.7. The van der Waals surface area contributed by atoms with Crippen LogP contribution in [0.15, 0.2) is 11.6 Å². The van der Waals surface area contributed by atoms with Crippen molar-refractivity contribution in [3.05, 3.63) is 11.6 Å². The Bertz CT molecular complexity index is 985. The summed E-state index contributed by atoms with van der Waals surface area (Å²) in [6, 6.07) is 0. The van der Waals surface area contributed by atoms with Gasteiger partial charge in [0.25, 0.3) is 0 Å². The van der Waals surface area contributed by atoms with E-state index in [1.165, 1.54) is 27.7 Å². The molecule has 0 bridgehead atoms. The Kier molecular flexibility index (Phi) is 7.58. The molecule has 10 heteroatoms. The number of rotatable bonds is 6. The first-order valence-corrected chi connectivity index (χ1v) is 12.3. The van der Waals surface area contributed by atoms with Crippen LogP contribution in [0.25, 0.3) is 0 Å². The SMILES string of the molecule is CCC(C)C(=O)O[C@H]1C[C@](C)(OC(C)=O)[C@@H]2[C@@H](C(C)=C[C@H]2OC(C)=O)[C@@H]2OC(=O)[C@@](C)(OC(C)=O)[C@@H]21. The molecule has 2 aliphatic carbocycles. The number of esters is 5. The molecule has 0 spiro atoms. The van der Waals surface area contributed by atoms with Crippen molar-refractivity contribution < 1.29 is 47.7 Å². The number of hydrogen-bond donors (Lipinski definition) is 0. The van der Waals surface area contributed by atoms with E-state index in [2.05, 4.69) is 0 Å². The normalized spacial score (nSPS) is 37.9. The predicted octanol–water partition coefficient (Wildman–Crippen LogP) is 2.66. The summed E-state index contributed by atoms with van der Waals surface area (Å²) in [5, 5.41) is 0. The zero-order chi connectivity index (χ0) is 27.2. The van der Waals surface area contributed by atoms with Crippen LogP contribution in [0.4, 0.5) is 0 Å². The molecule has 0 aromatic heterocycles. The second-order valence-corrected chi connectivity index (χ2v) is 10.5. The highest BCUT2D eigenvalue weighted by Gasteiger charge is 2.69. The number of ether oxygens (including phenoxy) is 5. The topological polar surface area (TPSA) is 132 Å². The van der Waals surface area contributed by atoms with Crippen LogP contribution >= 0.6 is 0 Å². The van der Waals surface area contributed by atoms with Crippen molar-refractivity contribution >= 4 is 29.8 Å². The Labute approximate surface area is 211 Å². The molecule has 0 radical (unpaired) electrons. The summed E-state index contributed by atoms with van der Waals surface area (Å²) in [4.78, 5) is 62.4. The van der Waals surface area contributed by atoms with Gasteiger partial charge in [-0.1, -0.05) is 19.4 Å². The summed E-state index contributed by atoms with van der Waals surface area (Å²) in [6.45, 7) is 12.3. The molecule has 0 aromatic rings. The maximum absolute atomic E-state index is 13.2. The minimum Gasteiger partial charge on any atom is -0.461 e. The molecule has 10 nitrogen and oxygen atoms in total. The lowest BCUT2D eigenvalue weighted by atomic mass is 9.74. The minimum atomic E-state index is -1.75. The Hall–Kier alpha value is -2.91. The molecule has 1 aliphatic heterocycles. The molecule has 1 unspecified atom stereocenters. The minimum absolute atomic E-state index is 0.0243. The lowest BCUT2D eigenvalue weighted by Gasteiger charge is -2.40. The molecular weight excluding hydrogens is 472 g/mol. The van der Waals surface area contributed by atoms with Crippen LogP contribution in [0, 0.1) is 23.7 Å². The lowest BCUT2D eigenvalue weighted by Crippen LogP contribution is -2.51. The van der Waals surface area contributed by atoms with Crippen LogP contribution in [0.3, 0.4) is 0 Å². The van der Waals surface area contributed by atoms with Gasteiger partial charge in [-0.25, -0.2) is 4.79 Å². The van der Waals surface area contributed by atoms with E-state index < -0.39 is 83.0 Å². The second kappa shape index (κ2) is 9.86. The van der Waals surface area contributed by atoms with Gasteiger partial charge < -0.3 is 23.7 Å². The average Bonchev–Trinajstić information content (AvgIpc) is 3.14. The fourth-order valence-corrected chi connectivity index (χ4v) is 6.13. The molecule has 1 heterocycles. The summed E-state index contributed by atoms with van der Waals surface area (Å²) in [5.41, 5.74) is -2.27. The third-order valence-electron chi connectivity index (χ3n) is 7.72. The smallest absolute Gasteiger partial charge is 0.351 e. The molecule has 0 amide bonds. The summed E-state index contributed by atoms with van der Waals surface area (Å²) in [7, 11) is 0. The molecule has 1 saturated heterocycles. The largest absolute Gasteiger partial charge is 0.461 e. The summed E-state index contributed by atoms with van der Waals surface area (Å²) < 4.78 is 28.9. The van der Waals surface area contributed by atoms with Gasteiger partial charge in [0.2, 0.25) is 5.60 Å². The van der Waals surface area contributed by atoms with Gasteiger partial charge in [0.1, 0.15) is 23.9 Å². The molecule has 9 atom stereocenters. The van der Waals surface area contributed by atoms with Gasteiger partial charge in [-0.3, -0.25) is 19.2 Å². The third kappa shape index (κ3) is 4.86. The van der Waals surface area contributed by atoms with Crippen LogP contribution in [0.5, 0.6) is 0 Å². The van der Waals surface area contributed by atoms with E-state index in [9.17, 15) is 24.0 Å². The number of fused-ring (bicyclic) bond motifs is 3. The van der Waals surface area contributed by atoms with E-state index in [0.717, 1.165) is 5.57 Å². The standard InChI is InChI=1S/C26H36O10/c1-9-12(2)23(30)33-18-11-25(7,35-15(5)28)20-17(32-14(4)27)10-13(3)19(20)22-21(18)26(8,24(31)34-22)36-16(6)29/h10,12,17-22H,9,11H2,1-8H3/t12?,17-,18+,19-,20+,21-,22+,25+,26+/m1/s1. The van der Waals surface area contributed by atoms with Gasteiger partial charge >= 0.3 is 29.8 Å².